The molecule has 1 fully saturated rings. The number of aromatic nitrogens is 1. The van der Waals surface area contributed by atoms with Gasteiger partial charge in [0.15, 0.2) is 12.4 Å². The topological polar surface area (TPSA) is 56.5 Å². The van der Waals surface area contributed by atoms with Crippen molar-refractivity contribution in [3.05, 3.63) is 107 Å². The lowest BCUT2D eigenvalue weighted by atomic mass is 9.86. The average Bonchev–Trinajstić information content (AvgIpc) is 2.78. The molecule has 3 aromatic rings. The summed E-state index contributed by atoms with van der Waals surface area (Å²) in [6.45, 7) is 1.55. The van der Waals surface area contributed by atoms with Crippen LogP contribution in [0.1, 0.15) is 33.8 Å². The van der Waals surface area contributed by atoms with E-state index in [4.69, 9.17) is 4.74 Å². The van der Waals surface area contributed by atoms with Crippen molar-refractivity contribution in [1.82, 2.24) is 4.90 Å². The Labute approximate surface area is 170 Å². The summed E-state index contributed by atoms with van der Waals surface area (Å²) in [6, 6.07) is 24.1. The van der Waals surface area contributed by atoms with Crippen LogP contribution < -0.4 is 4.73 Å². The van der Waals surface area contributed by atoms with Crippen molar-refractivity contribution in [2.45, 2.75) is 18.4 Å². The second-order valence-corrected chi connectivity index (χ2v) is 7.31. The minimum absolute atomic E-state index is 0.0683. The first-order chi connectivity index (χ1) is 14.2. The Bertz CT molecular complexity index is 907. The lowest BCUT2D eigenvalue weighted by molar-refractivity contribution is -0.605. The molecule has 148 valence electrons. The van der Waals surface area contributed by atoms with Gasteiger partial charge in [0, 0.05) is 25.1 Å². The van der Waals surface area contributed by atoms with Gasteiger partial charge in [0.2, 0.25) is 0 Å². The molecule has 5 heteroatoms. The molecule has 1 atom stereocenters. The smallest absolute Gasteiger partial charge is 0.260 e. The number of ether oxygens (including phenoxy) is 1. The highest BCUT2D eigenvalue weighted by Crippen LogP contribution is 2.31. The molecule has 0 bridgehead atoms. The molecule has 0 saturated carbocycles. The van der Waals surface area contributed by atoms with E-state index in [1.54, 1.807) is 17.0 Å². The highest BCUT2D eigenvalue weighted by atomic mass is 16.5. The molecule has 1 aromatic heterocycles. The molecule has 1 aliphatic rings. The maximum Gasteiger partial charge on any atom is 0.260 e. The molecule has 1 amide bonds. The molecule has 4 rings (SSSR count). The summed E-state index contributed by atoms with van der Waals surface area (Å²) < 4.78 is 6.69. The second-order valence-electron chi connectivity index (χ2n) is 7.31. The SMILES string of the molecule is O=C(c1ccc[n+]([O-])c1)N1CCO[C@H](CC(c2ccccc2)c2ccccc2)C1. The van der Waals surface area contributed by atoms with Crippen molar-refractivity contribution in [1.29, 1.82) is 0 Å². The van der Waals surface area contributed by atoms with Crippen LogP contribution in [-0.2, 0) is 4.74 Å². The van der Waals surface area contributed by atoms with Crippen molar-refractivity contribution >= 4 is 5.91 Å². The van der Waals surface area contributed by atoms with Crippen molar-refractivity contribution in [3.8, 4) is 0 Å². The minimum Gasteiger partial charge on any atom is -0.619 e. The largest absolute Gasteiger partial charge is 0.619 e. The van der Waals surface area contributed by atoms with Gasteiger partial charge >= 0.3 is 0 Å². The maximum absolute atomic E-state index is 12.8. The molecule has 0 spiro atoms. The van der Waals surface area contributed by atoms with Gasteiger partial charge in [-0.3, -0.25) is 4.79 Å². The summed E-state index contributed by atoms with van der Waals surface area (Å²) in [5.74, 6) is 0.0671. The summed E-state index contributed by atoms with van der Waals surface area (Å²) in [7, 11) is 0. The average molecular weight is 388 g/mol. The van der Waals surface area contributed by atoms with Crippen molar-refractivity contribution in [2.24, 2.45) is 0 Å². The van der Waals surface area contributed by atoms with Crippen LogP contribution >= 0.6 is 0 Å². The van der Waals surface area contributed by atoms with Gasteiger partial charge in [-0.25, -0.2) is 0 Å². The molecule has 1 aliphatic heterocycles. The Kier molecular flexibility index (Phi) is 5.86. The Morgan fingerprint density at radius 1 is 1.03 bits per heavy atom. The van der Waals surface area contributed by atoms with E-state index in [1.807, 2.05) is 12.1 Å². The zero-order valence-corrected chi connectivity index (χ0v) is 16.2. The van der Waals surface area contributed by atoms with Crippen LogP contribution in [-0.4, -0.2) is 36.6 Å². The van der Waals surface area contributed by atoms with E-state index in [-0.39, 0.29) is 17.9 Å². The monoisotopic (exact) mass is 388 g/mol. The third-order valence-electron chi connectivity index (χ3n) is 5.35. The number of hydrogen-bond donors (Lipinski definition) is 0. The van der Waals surface area contributed by atoms with Gasteiger partial charge in [0.05, 0.1) is 12.7 Å². The zero-order chi connectivity index (χ0) is 20.1. The molecule has 2 heterocycles. The second kappa shape index (κ2) is 8.88. The predicted octanol–water partition coefficient (Wildman–Crippen LogP) is 3.38. The molecule has 1 saturated heterocycles. The summed E-state index contributed by atoms with van der Waals surface area (Å²) in [5, 5.41) is 11.5. The molecular formula is C24H24N2O3. The van der Waals surface area contributed by atoms with Crippen LogP contribution in [0.15, 0.2) is 85.2 Å². The van der Waals surface area contributed by atoms with Crippen LogP contribution in [0.25, 0.3) is 0 Å². The van der Waals surface area contributed by atoms with E-state index in [9.17, 15) is 10.0 Å². The number of hydrogen-bond acceptors (Lipinski definition) is 3. The first kappa shape index (κ1) is 19.2. The molecule has 0 aliphatic carbocycles. The number of nitrogens with zero attached hydrogens (tertiary/aromatic N) is 2. The Morgan fingerprint density at radius 2 is 1.69 bits per heavy atom. The number of rotatable bonds is 5. The summed E-state index contributed by atoms with van der Waals surface area (Å²) in [6.07, 6.45) is 3.42. The quantitative estimate of drug-likeness (QED) is 0.497. The van der Waals surface area contributed by atoms with Gasteiger partial charge in [-0.05, 0) is 23.6 Å². The van der Waals surface area contributed by atoms with Crippen molar-refractivity contribution in [3.63, 3.8) is 0 Å². The van der Waals surface area contributed by atoms with Gasteiger partial charge < -0.3 is 14.8 Å². The summed E-state index contributed by atoms with van der Waals surface area (Å²) in [4.78, 5) is 14.6. The number of benzene rings is 2. The Hall–Kier alpha value is -3.18. The number of pyridine rings is 1. The summed E-state index contributed by atoms with van der Waals surface area (Å²) in [5.41, 5.74) is 2.88. The van der Waals surface area contributed by atoms with Gasteiger partial charge in [-0.2, -0.15) is 4.73 Å². The maximum atomic E-state index is 12.8. The van der Waals surface area contributed by atoms with E-state index in [0.717, 1.165) is 6.42 Å². The molecule has 0 unspecified atom stereocenters. The fraction of sp³-hybridized carbons (Fsp3) is 0.250. The van der Waals surface area contributed by atoms with Crippen molar-refractivity contribution < 1.29 is 14.3 Å². The van der Waals surface area contributed by atoms with E-state index in [1.165, 1.54) is 23.5 Å². The number of carbonyl (C=O) groups excluding carboxylic acids is 1. The normalized spacial score (nSPS) is 16.7. The Balaban J connectivity index is 1.51. The highest BCUT2D eigenvalue weighted by Gasteiger charge is 2.29. The summed E-state index contributed by atoms with van der Waals surface area (Å²) >= 11 is 0. The third kappa shape index (κ3) is 4.63. The van der Waals surface area contributed by atoms with Crippen LogP contribution in [0.4, 0.5) is 0 Å². The van der Waals surface area contributed by atoms with E-state index in [0.29, 0.717) is 30.0 Å². The lowest BCUT2D eigenvalue weighted by Gasteiger charge is -2.34. The fourth-order valence-electron chi connectivity index (χ4n) is 3.91. The van der Waals surface area contributed by atoms with Gasteiger partial charge in [-0.1, -0.05) is 60.7 Å². The molecule has 2 aromatic carbocycles. The van der Waals surface area contributed by atoms with Crippen molar-refractivity contribution in [2.75, 3.05) is 19.7 Å². The molecule has 5 nitrogen and oxygen atoms in total. The van der Waals surface area contributed by atoms with E-state index >= 15 is 0 Å². The predicted molar refractivity (Wildman–Crippen MR) is 110 cm³/mol. The highest BCUT2D eigenvalue weighted by molar-refractivity contribution is 5.93. The van der Waals surface area contributed by atoms with Crippen LogP contribution in [0, 0.1) is 5.21 Å². The first-order valence-corrected chi connectivity index (χ1v) is 9.90. The number of amides is 1. The zero-order valence-electron chi connectivity index (χ0n) is 16.2. The number of morpholine rings is 1. The molecule has 0 N–H and O–H groups in total. The molecular weight excluding hydrogens is 364 g/mol. The molecule has 0 radical (unpaired) electrons. The number of carbonyl (C=O) groups is 1. The van der Waals surface area contributed by atoms with Gasteiger partial charge in [0.25, 0.3) is 5.91 Å². The fourth-order valence-corrected chi connectivity index (χ4v) is 3.91. The van der Waals surface area contributed by atoms with E-state index in [2.05, 4.69) is 48.5 Å². The standard InChI is InChI=1S/C24H24N2O3/c27-24(21-12-7-13-26(28)17-21)25-14-15-29-22(18-25)16-23(19-8-3-1-4-9-19)20-10-5-2-6-11-20/h1-13,17,22-23H,14-16,18H2/t22-/m1/s1. The minimum atomic E-state index is -0.125. The van der Waals surface area contributed by atoms with Crippen LogP contribution in [0.3, 0.4) is 0 Å². The molecule has 29 heavy (non-hydrogen) atoms. The van der Waals surface area contributed by atoms with Gasteiger partial charge in [-0.15, -0.1) is 0 Å². The van der Waals surface area contributed by atoms with Crippen LogP contribution in [0.5, 0.6) is 0 Å². The lowest BCUT2D eigenvalue weighted by Crippen LogP contribution is -2.46. The third-order valence-corrected chi connectivity index (χ3v) is 5.35. The van der Waals surface area contributed by atoms with E-state index < -0.39 is 0 Å². The first-order valence-electron chi connectivity index (χ1n) is 9.90. The Morgan fingerprint density at radius 3 is 2.31 bits per heavy atom. The van der Waals surface area contributed by atoms with Gasteiger partial charge in [0.1, 0.15) is 5.56 Å². The van der Waals surface area contributed by atoms with Crippen LogP contribution in [0.2, 0.25) is 0 Å².